The quantitative estimate of drug-likeness (QED) is 0.266. The van der Waals surface area contributed by atoms with Gasteiger partial charge in [0.25, 0.3) is 0 Å². The zero-order valence-electron chi connectivity index (χ0n) is 36.4. The number of carbonyl (C=O) groups is 2. The maximum Gasteiger partial charge on any atom is 0.311 e. The molecule has 3 rings (SSSR count). The van der Waals surface area contributed by atoms with Crippen LogP contribution in [0.25, 0.3) is 0 Å². The molecule has 3 heterocycles. The standard InChI is InChI=1S/C38H69NO13/c1-15-26-38(10,45)31(42)21(4)28(40)19(2)17-37(9,47-14)33(52-35-29(41)25(39(11)12)16-20(3)48-35)22(5)30(23(6)34(44)50-26)51-27-18-36(8,46-13)32(43)24(7)49-27/h19-27,29-33,35,41-43,45H,15-18H2,1-14H3/t19-,20-,21+,22+,23-,24+,25+,26?,27+,29-,30+,31-,32+,33-,35+,36-,37-,38-/m1/s1/i14D3. The molecule has 1 unspecified atom stereocenters. The zero-order valence-corrected chi connectivity index (χ0v) is 33.4. The average Bonchev–Trinajstić information content (AvgIpc) is 3.08. The van der Waals surface area contributed by atoms with E-state index in [1.807, 2.05) is 25.9 Å². The molecule has 0 aliphatic carbocycles. The third-order valence-corrected chi connectivity index (χ3v) is 12.0. The van der Waals surface area contributed by atoms with Crippen LogP contribution in [-0.2, 0) is 42.7 Å². The van der Waals surface area contributed by atoms with Crippen molar-refractivity contribution < 1.29 is 67.3 Å². The second kappa shape index (κ2) is 17.7. The van der Waals surface area contributed by atoms with E-state index in [-0.39, 0.29) is 25.4 Å². The highest BCUT2D eigenvalue weighted by atomic mass is 16.7. The summed E-state index contributed by atoms with van der Waals surface area (Å²) in [7, 11) is 2.05. The van der Waals surface area contributed by atoms with Gasteiger partial charge in [0.1, 0.15) is 29.7 Å². The Morgan fingerprint density at radius 1 is 0.904 bits per heavy atom. The van der Waals surface area contributed by atoms with Gasteiger partial charge in [-0.1, -0.05) is 27.7 Å². The molecular weight excluding hydrogens is 678 g/mol. The molecule has 0 aromatic rings. The number of ketones is 1. The van der Waals surface area contributed by atoms with Gasteiger partial charge in [0.15, 0.2) is 12.6 Å². The van der Waals surface area contributed by atoms with Crippen LogP contribution >= 0.6 is 0 Å². The van der Waals surface area contributed by atoms with Crippen LogP contribution in [0.5, 0.6) is 0 Å². The Kier molecular flexibility index (Phi) is 13.7. The maximum absolute atomic E-state index is 14.2. The first-order valence-electron chi connectivity index (χ1n) is 20.2. The van der Waals surface area contributed by atoms with Gasteiger partial charge in [-0.3, -0.25) is 9.59 Å². The second-order valence-electron chi connectivity index (χ2n) is 16.5. The Balaban J connectivity index is 2.31. The van der Waals surface area contributed by atoms with E-state index in [2.05, 4.69) is 0 Å². The molecule has 3 fully saturated rings. The molecule has 0 spiro atoms. The van der Waals surface area contributed by atoms with Crippen molar-refractivity contribution in [3.63, 3.8) is 0 Å². The van der Waals surface area contributed by atoms with Crippen LogP contribution in [0.4, 0.5) is 0 Å². The first-order valence-corrected chi connectivity index (χ1v) is 18.7. The molecule has 18 atom stereocenters. The lowest BCUT2D eigenvalue weighted by Crippen LogP contribution is -2.61. The third-order valence-electron chi connectivity index (χ3n) is 12.0. The summed E-state index contributed by atoms with van der Waals surface area (Å²) in [6.07, 6.45) is -10.9. The number of aliphatic hydroxyl groups excluding tert-OH is 3. The summed E-state index contributed by atoms with van der Waals surface area (Å²) in [5.74, 6) is -5.63. The van der Waals surface area contributed by atoms with Gasteiger partial charge >= 0.3 is 5.97 Å². The molecule has 0 bridgehead atoms. The van der Waals surface area contributed by atoms with Crippen molar-refractivity contribution >= 4 is 11.8 Å². The highest BCUT2D eigenvalue weighted by Gasteiger charge is 2.54. The predicted octanol–water partition coefficient (Wildman–Crippen LogP) is 2.44. The Labute approximate surface area is 314 Å². The van der Waals surface area contributed by atoms with Crippen molar-refractivity contribution in [1.82, 2.24) is 4.90 Å². The first-order chi connectivity index (χ1) is 25.1. The summed E-state index contributed by atoms with van der Waals surface area (Å²) >= 11 is 0. The number of aliphatic hydroxyl groups is 4. The van der Waals surface area contributed by atoms with Crippen LogP contribution in [-0.4, -0.2) is 150 Å². The summed E-state index contributed by atoms with van der Waals surface area (Å²) in [6.45, 7) is 15.9. The minimum absolute atomic E-state index is 0.0307. The fraction of sp³-hybridized carbons (Fsp3) is 0.947. The predicted molar refractivity (Wildman–Crippen MR) is 191 cm³/mol. The number of nitrogens with zero attached hydrogens (tertiary/aromatic N) is 1. The third kappa shape index (κ3) is 9.38. The Morgan fingerprint density at radius 2 is 1.54 bits per heavy atom. The lowest BCUT2D eigenvalue weighted by atomic mass is 9.74. The van der Waals surface area contributed by atoms with E-state index in [0.717, 1.165) is 0 Å². The van der Waals surface area contributed by atoms with E-state index in [1.165, 1.54) is 27.9 Å². The zero-order chi connectivity index (χ0) is 42.2. The highest BCUT2D eigenvalue weighted by Crippen LogP contribution is 2.41. The van der Waals surface area contributed by atoms with Crippen molar-refractivity contribution in [2.24, 2.45) is 23.7 Å². The fourth-order valence-corrected chi connectivity index (χ4v) is 8.49. The van der Waals surface area contributed by atoms with Gasteiger partial charge in [-0.25, -0.2) is 0 Å². The largest absolute Gasteiger partial charge is 0.459 e. The summed E-state index contributed by atoms with van der Waals surface area (Å²) in [5, 5.41) is 45.7. The van der Waals surface area contributed by atoms with Crippen molar-refractivity contribution in [2.75, 3.05) is 28.2 Å². The molecule has 3 aliphatic heterocycles. The topological polar surface area (TPSA) is 183 Å². The average molecular weight is 751 g/mol. The smallest absolute Gasteiger partial charge is 0.311 e. The monoisotopic (exact) mass is 750 g/mol. The molecule has 3 aliphatic rings. The number of methoxy groups -OCH3 is 2. The molecule has 0 radical (unpaired) electrons. The molecule has 0 amide bonds. The highest BCUT2D eigenvalue weighted by molar-refractivity contribution is 5.83. The number of rotatable bonds is 8. The Bertz CT molecular complexity index is 1290. The van der Waals surface area contributed by atoms with Gasteiger partial charge in [-0.2, -0.15) is 0 Å². The second-order valence-corrected chi connectivity index (χ2v) is 16.5. The minimum Gasteiger partial charge on any atom is -0.459 e. The summed E-state index contributed by atoms with van der Waals surface area (Å²) in [5.41, 5.74) is -5.05. The van der Waals surface area contributed by atoms with Gasteiger partial charge < -0.3 is 58.5 Å². The number of ether oxygens (including phenoxy) is 7. The molecule has 0 aromatic carbocycles. The first kappa shape index (κ1) is 40.4. The maximum atomic E-state index is 14.2. The van der Waals surface area contributed by atoms with Crippen LogP contribution in [0.2, 0.25) is 0 Å². The van der Waals surface area contributed by atoms with E-state index >= 15 is 0 Å². The molecule has 0 aromatic heterocycles. The lowest BCUT2D eigenvalue weighted by molar-refractivity contribution is -0.319. The minimum atomic E-state index is -3.03. The number of hydrogen-bond acceptors (Lipinski definition) is 14. The van der Waals surface area contributed by atoms with Crippen LogP contribution in [0, 0.1) is 23.7 Å². The molecule has 14 nitrogen and oxygen atoms in total. The molecule has 14 heteroatoms. The molecule has 304 valence electrons. The SMILES string of the molecule is [2H]C([2H])([2H])O[C@]1(C)C[C@@H](C)C(=O)[C@H](C)[C@@H](O)[C@](C)(O)C(CC)OC(=O)[C@H](C)[C@@H](O[C@H]2C[C@@](C)(OC)[C@@H](O)[C@H](C)O2)[C@H](C)[C@H]1O[C@@H]1O[C@H](C)C[C@H](N(C)C)[C@H]1O. The van der Waals surface area contributed by atoms with E-state index in [4.69, 9.17) is 37.3 Å². The Hall–Kier alpha value is -1.30. The number of esters is 1. The fourth-order valence-electron chi connectivity index (χ4n) is 8.49. The van der Waals surface area contributed by atoms with E-state index in [0.29, 0.717) is 6.42 Å². The van der Waals surface area contributed by atoms with Crippen LogP contribution < -0.4 is 0 Å². The molecular formula is C38H69NO13. The number of cyclic esters (lactones) is 1. The van der Waals surface area contributed by atoms with E-state index < -0.39 is 121 Å². The van der Waals surface area contributed by atoms with Crippen LogP contribution in [0.15, 0.2) is 0 Å². The number of likely N-dealkylation sites (N-methyl/N-ethyl adjacent to an activating group) is 1. The number of carbonyl (C=O) groups excluding carboxylic acids is 2. The summed E-state index contributed by atoms with van der Waals surface area (Å²) < 4.78 is 68.0. The van der Waals surface area contributed by atoms with Crippen LogP contribution in [0.3, 0.4) is 0 Å². The van der Waals surface area contributed by atoms with Crippen molar-refractivity contribution in [3.05, 3.63) is 0 Å². The van der Waals surface area contributed by atoms with Gasteiger partial charge in [0.2, 0.25) is 0 Å². The van der Waals surface area contributed by atoms with Crippen molar-refractivity contribution in [1.29, 1.82) is 0 Å². The lowest BCUT2D eigenvalue weighted by Gasteiger charge is -2.50. The van der Waals surface area contributed by atoms with Crippen LogP contribution in [0.1, 0.15) is 99.0 Å². The molecule has 4 N–H and O–H groups in total. The number of hydrogen-bond donors (Lipinski definition) is 4. The summed E-state index contributed by atoms with van der Waals surface area (Å²) in [6, 6.07) is -0.407. The van der Waals surface area contributed by atoms with Crippen molar-refractivity contribution in [2.45, 2.75) is 179 Å². The molecule has 3 saturated heterocycles. The molecule has 52 heavy (non-hydrogen) atoms. The van der Waals surface area contributed by atoms with Gasteiger partial charge in [0.05, 0.1) is 51.8 Å². The summed E-state index contributed by atoms with van der Waals surface area (Å²) in [4.78, 5) is 30.2. The number of Topliss-reactive ketones (excluding diaryl/α,β-unsaturated/α-hetero) is 1. The van der Waals surface area contributed by atoms with E-state index in [1.54, 1.807) is 41.5 Å². The molecule has 0 saturated carbocycles. The Morgan fingerprint density at radius 3 is 2.10 bits per heavy atom. The van der Waals surface area contributed by atoms with Gasteiger partial charge in [-0.05, 0) is 74.9 Å². The van der Waals surface area contributed by atoms with Gasteiger partial charge in [-0.15, -0.1) is 0 Å². The van der Waals surface area contributed by atoms with E-state index in [9.17, 15) is 30.0 Å². The van der Waals surface area contributed by atoms with Gasteiger partial charge in [0, 0.05) is 44.4 Å². The normalized spacial score (nSPS) is 50.1. The van der Waals surface area contributed by atoms with Crippen molar-refractivity contribution in [3.8, 4) is 0 Å².